The molecular formula is C16H22N2O. The molecule has 0 aliphatic heterocycles. The molecule has 0 aliphatic carbocycles. The number of hydrogen-bond acceptors (Lipinski definition) is 3. The number of hydrogen-bond donors (Lipinski definition) is 0. The molecule has 1 aromatic rings. The van der Waals surface area contributed by atoms with E-state index in [0.717, 1.165) is 5.56 Å². The van der Waals surface area contributed by atoms with E-state index in [1.165, 1.54) is 0 Å². The second-order valence-electron chi connectivity index (χ2n) is 5.30. The molecule has 0 aromatic heterocycles. The predicted octanol–water partition coefficient (Wildman–Crippen LogP) is 2.98. The molecule has 3 heteroatoms. The highest BCUT2D eigenvalue weighted by molar-refractivity contribution is 5.90. The average molecular weight is 258 g/mol. The first-order valence-electron chi connectivity index (χ1n) is 6.70. The molecule has 102 valence electrons. The largest absolute Gasteiger partial charge is 0.296 e. The fourth-order valence-electron chi connectivity index (χ4n) is 2.21. The maximum Gasteiger partial charge on any atom is 0.168 e. The molecule has 1 atom stereocenters. The number of carbonyl (C=O) groups is 1. The maximum atomic E-state index is 12.3. The first-order chi connectivity index (χ1) is 8.97. The molecule has 0 aliphatic rings. The van der Waals surface area contributed by atoms with Crippen molar-refractivity contribution in [1.82, 2.24) is 4.90 Å². The van der Waals surface area contributed by atoms with E-state index < -0.39 is 5.92 Å². The Morgan fingerprint density at radius 3 is 2.11 bits per heavy atom. The summed E-state index contributed by atoms with van der Waals surface area (Å²) in [4.78, 5) is 14.4. The van der Waals surface area contributed by atoms with Crippen molar-refractivity contribution < 1.29 is 4.79 Å². The number of ketones is 1. The van der Waals surface area contributed by atoms with Crippen LogP contribution in [0.3, 0.4) is 0 Å². The van der Waals surface area contributed by atoms with Gasteiger partial charge in [0, 0.05) is 12.1 Å². The topological polar surface area (TPSA) is 44.1 Å². The van der Waals surface area contributed by atoms with Crippen LogP contribution in [0, 0.1) is 11.3 Å². The predicted molar refractivity (Wildman–Crippen MR) is 76.8 cm³/mol. The number of nitriles is 1. The molecule has 0 radical (unpaired) electrons. The highest BCUT2D eigenvalue weighted by Gasteiger charge is 2.24. The summed E-state index contributed by atoms with van der Waals surface area (Å²) in [5.74, 6) is -0.697. The van der Waals surface area contributed by atoms with Gasteiger partial charge in [0.15, 0.2) is 5.78 Å². The Morgan fingerprint density at radius 2 is 1.68 bits per heavy atom. The van der Waals surface area contributed by atoms with Crippen molar-refractivity contribution >= 4 is 5.78 Å². The Labute approximate surface area is 115 Å². The third-order valence-electron chi connectivity index (χ3n) is 3.25. The molecule has 0 saturated heterocycles. The van der Waals surface area contributed by atoms with Crippen molar-refractivity contribution in [3.63, 3.8) is 0 Å². The fraction of sp³-hybridized carbons (Fsp3) is 0.500. The number of Topliss-reactive ketones (excluding diaryl/α,β-unsaturated/α-hetero) is 1. The molecule has 0 bridgehead atoms. The van der Waals surface area contributed by atoms with E-state index in [0.29, 0.717) is 18.6 Å². The molecule has 0 amide bonds. The lowest BCUT2D eigenvalue weighted by Gasteiger charge is -2.30. The van der Waals surface area contributed by atoms with Gasteiger partial charge in [-0.25, -0.2) is 0 Å². The van der Waals surface area contributed by atoms with Crippen LogP contribution in [0.1, 0.15) is 39.2 Å². The molecule has 3 nitrogen and oxygen atoms in total. The van der Waals surface area contributed by atoms with Crippen molar-refractivity contribution in [2.24, 2.45) is 0 Å². The second-order valence-corrected chi connectivity index (χ2v) is 5.30. The highest BCUT2D eigenvalue weighted by Crippen LogP contribution is 2.17. The van der Waals surface area contributed by atoms with Crippen LogP contribution in [0.25, 0.3) is 0 Å². The fourth-order valence-corrected chi connectivity index (χ4v) is 2.21. The number of benzene rings is 1. The highest BCUT2D eigenvalue weighted by atomic mass is 16.1. The molecule has 0 unspecified atom stereocenters. The zero-order chi connectivity index (χ0) is 14.4. The van der Waals surface area contributed by atoms with Crippen LogP contribution in [0.4, 0.5) is 0 Å². The van der Waals surface area contributed by atoms with Crippen LogP contribution in [-0.4, -0.2) is 29.3 Å². The van der Waals surface area contributed by atoms with Crippen LogP contribution in [0.15, 0.2) is 30.3 Å². The summed E-state index contributed by atoms with van der Waals surface area (Å²) in [5.41, 5.74) is 0.780. The molecule has 0 heterocycles. The minimum atomic E-state index is -0.666. The molecule has 0 N–H and O–H groups in total. The molecule has 0 saturated carbocycles. The van der Waals surface area contributed by atoms with E-state index in [1.54, 1.807) is 0 Å². The normalized spacial score (nSPS) is 12.7. The molecule has 1 rings (SSSR count). The smallest absolute Gasteiger partial charge is 0.168 e. The van der Waals surface area contributed by atoms with Crippen LogP contribution in [-0.2, 0) is 4.79 Å². The Morgan fingerprint density at radius 1 is 1.16 bits per heavy atom. The van der Waals surface area contributed by atoms with E-state index in [-0.39, 0.29) is 5.78 Å². The molecule has 1 aromatic carbocycles. The molecule has 19 heavy (non-hydrogen) atoms. The maximum absolute atomic E-state index is 12.3. The Bertz CT molecular complexity index is 438. The quantitative estimate of drug-likeness (QED) is 0.788. The zero-order valence-corrected chi connectivity index (χ0v) is 12.1. The van der Waals surface area contributed by atoms with Crippen molar-refractivity contribution in [3.8, 4) is 6.07 Å². The van der Waals surface area contributed by atoms with Crippen molar-refractivity contribution in [2.75, 3.05) is 6.54 Å². The van der Waals surface area contributed by atoms with Gasteiger partial charge in [0.05, 0.1) is 12.6 Å². The standard InChI is InChI=1S/C16H22N2O/c1-12(2)18(13(3)4)11-16(19)15(10-17)14-8-6-5-7-9-14/h5-9,12-13,15H,11H2,1-4H3/t15-/m1/s1. The van der Waals surface area contributed by atoms with E-state index in [9.17, 15) is 10.1 Å². The first kappa shape index (κ1) is 15.4. The summed E-state index contributed by atoms with van der Waals surface area (Å²) < 4.78 is 0. The van der Waals surface area contributed by atoms with Gasteiger partial charge in [-0.3, -0.25) is 9.69 Å². The number of carbonyl (C=O) groups excluding carboxylic acids is 1. The lowest BCUT2D eigenvalue weighted by Crippen LogP contribution is -2.41. The first-order valence-corrected chi connectivity index (χ1v) is 6.70. The van der Waals surface area contributed by atoms with Crippen LogP contribution >= 0.6 is 0 Å². The van der Waals surface area contributed by atoms with Crippen molar-refractivity contribution in [3.05, 3.63) is 35.9 Å². The summed E-state index contributed by atoms with van der Waals surface area (Å²) in [6.07, 6.45) is 0. The molecular weight excluding hydrogens is 236 g/mol. The average Bonchev–Trinajstić information content (AvgIpc) is 2.37. The van der Waals surface area contributed by atoms with Crippen molar-refractivity contribution in [2.45, 2.75) is 45.7 Å². The zero-order valence-electron chi connectivity index (χ0n) is 12.1. The van der Waals surface area contributed by atoms with Gasteiger partial charge in [0.1, 0.15) is 5.92 Å². The van der Waals surface area contributed by atoms with Crippen molar-refractivity contribution in [1.29, 1.82) is 5.26 Å². The van der Waals surface area contributed by atoms with Gasteiger partial charge in [-0.15, -0.1) is 0 Å². The third-order valence-corrected chi connectivity index (χ3v) is 3.25. The van der Waals surface area contributed by atoms with Crippen LogP contribution < -0.4 is 0 Å². The summed E-state index contributed by atoms with van der Waals surface area (Å²) in [7, 11) is 0. The van der Waals surface area contributed by atoms with E-state index in [2.05, 4.69) is 38.7 Å². The Hall–Kier alpha value is -1.66. The Kier molecular flexibility index (Phi) is 5.72. The lowest BCUT2D eigenvalue weighted by molar-refractivity contribution is -0.121. The van der Waals surface area contributed by atoms with Crippen LogP contribution in [0.5, 0.6) is 0 Å². The summed E-state index contributed by atoms with van der Waals surface area (Å²) in [5, 5.41) is 9.25. The van der Waals surface area contributed by atoms with E-state index >= 15 is 0 Å². The SMILES string of the molecule is CC(C)N(CC(=O)[C@H](C#N)c1ccccc1)C(C)C. The third kappa shape index (κ3) is 4.18. The van der Waals surface area contributed by atoms with Gasteiger partial charge in [-0.05, 0) is 33.3 Å². The van der Waals surface area contributed by atoms with Gasteiger partial charge in [0.25, 0.3) is 0 Å². The minimum Gasteiger partial charge on any atom is -0.296 e. The number of rotatable bonds is 6. The second kappa shape index (κ2) is 7.06. The van der Waals surface area contributed by atoms with Crippen LogP contribution in [0.2, 0.25) is 0 Å². The van der Waals surface area contributed by atoms with Gasteiger partial charge in [-0.2, -0.15) is 5.26 Å². The van der Waals surface area contributed by atoms with Gasteiger partial charge < -0.3 is 0 Å². The van der Waals surface area contributed by atoms with Gasteiger partial charge in [-0.1, -0.05) is 30.3 Å². The number of nitrogens with zero attached hydrogens (tertiary/aromatic N) is 2. The summed E-state index contributed by atoms with van der Waals surface area (Å²) in [6, 6.07) is 12.0. The molecule has 0 fully saturated rings. The van der Waals surface area contributed by atoms with E-state index in [4.69, 9.17) is 0 Å². The Balaban J connectivity index is 2.84. The molecule has 0 spiro atoms. The monoisotopic (exact) mass is 258 g/mol. The van der Waals surface area contributed by atoms with Gasteiger partial charge >= 0.3 is 0 Å². The minimum absolute atomic E-state index is 0.0314. The lowest BCUT2D eigenvalue weighted by atomic mass is 9.95. The summed E-state index contributed by atoms with van der Waals surface area (Å²) in [6.45, 7) is 8.59. The van der Waals surface area contributed by atoms with Gasteiger partial charge in [0.2, 0.25) is 0 Å². The van der Waals surface area contributed by atoms with E-state index in [1.807, 2.05) is 30.3 Å². The summed E-state index contributed by atoms with van der Waals surface area (Å²) >= 11 is 0.